The van der Waals surface area contributed by atoms with Crippen LogP contribution in [-0.2, 0) is 52.4 Å². The number of carbonyl (C=O) groups is 5. The number of esters is 4. The van der Waals surface area contributed by atoms with Crippen molar-refractivity contribution in [3.8, 4) is 0 Å². The molecule has 0 aromatic rings. The first kappa shape index (κ1) is 45.7. The number of carbonyl (C=O) groups excluding carboxylic acids is 5. The quantitative estimate of drug-likeness (QED) is 0.0339. The average Bonchev–Trinajstić information content (AvgIpc) is 4.02. The van der Waals surface area contributed by atoms with Crippen molar-refractivity contribution in [2.45, 2.75) is 98.9 Å². The molecule has 1 aliphatic carbocycles. The van der Waals surface area contributed by atoms with Crippen molar-refractivity contribution >= 4 is 35.7 Å². The SMILES string of the molecule is C=C(C)C(=O)OCC1CCC2OC2C1.C=C(C)C(=O)OCC1CO1.C=C(C)C(=O)OCCC.C=C(C)C(=O)OCCNC(=O)O/N=C(\C)CC. The zero-order valence-electron chi connectivity index (χ0n) is 30.8. The summed E-state index contributed by atoms with van der Waals surface area (Å²) < 4.78 is 29.6. The first-order valence-electron chi connectivity index (χ1n) is 16.6. The van der Waals surface area contributed by atoms with Crippen LogP contribution in [0.25, 0.3) is 0 Å². The Labute approximate surface area is 296 Å². The molecule has 2 aliphatic heterocycles. The maximum atomic E-state index is 11.1. The highest BCUT2D eigenvalue weighted by Gasteiger charge is 2.44. The fourth-order valence-electron chi connectivity index (χ4n) is 3.37. The number of nitrogens with zero attached hydrogens (tertiary/aromatic N) is 1. The van der Waals surface area contributed by atoms with E-state index < -0.39 is 12.1 Å². The van der Waals surface area contributed by atoms with Crippen molar-refractivity contribution in [2.24, 2.45) is 11.1 Å². The van der Waals surface area contributed by atoms with Crippen molar-refractivity contribution < 1.29 is 57.2 Å². The van der Waals surface area contributed by atoms with Crippen LogP contribution in [0.15, 0.2) is 53.8 Å². The van der Waals surface area contributed by atoms with Crippen LogP contribution in [0.1, 0.15) is 80.6 Å². The van der Waals surface area contributed by atoms with E-state index in [2.05, 4.69) is 41.6 Å². The minimum absolute atomic E-state index is 0.0667. The summed E-state index contributed by atoms with van der Waals surface area (Å²) in [6.07, 6.45) is 5.30. The molecule has 0 spiro atoms. The molecule has 1 N–H and O–H groups in total. The zero-order chi connectivity index (χ0) is 38.2. The van der Waals surface area contributed by atoms with Gasteiger partial charge in [-0.15, -0.1) is 0 Å². The normalized spacial score (nSPS) is 19.2. The van der Waals surface area contributed by atoms with Gasteiger partial charge in [-0.3, -0.25) is 4.84 Å². The van der Waals surface area contributed by atoms with E-state index in [9.17, 15) is 24.0 Å². The van der Waals surface area contributed by atoms with Crippen LogP contribution >= 0.6 is 0 Å². The van der Waals surface area contributed by atoms with Crippen molar-refractivity contribution in [3.63, 3.8) is 0 Å². The third kappa shape index (κ3) is 23.9. The lowest BCUT2D eigenvalue weighted by Gasteiger charge is -2.18. The highest BCUT2D eigenvalue weighted by molar-refractivity contribution is 5.88. The van der Waals surface area contributed by atoms with Gasteiger partial charge in [-0.25, -0.2) is 24.0 Å². The Kier molecular flexibility index (Phi) is 23.4. The van der Waals surface area contributed by atoms with Crippen LogP contribution in [-0.4, -0.2) is 93.6 Å². The standard InChI is InChI=1S/C11H18N2O4.C11H16O3.C7H10O3.C7H12O2/c1-5-9(4)13-17-11(15)12-6-7-16-10(14)8(2)3;1-7(2)11(12)13-6-8-3-4-9-10(5-8)14-9;1-5(2)7(8)10-4-6-3-9-6;1-4-5-9-7(8)6(2)3/h2,5-7H2,1,3-4H3,(H,12,15);8-10H,1,3-6H2,2H3;6H,1,3-4H2,2H3;2,4-5H2,1,3H3/b13-9+;;;. The van der Waals surface area contributed by atoms with E-state index in [0.29, 0.717) is 79.0 Å². The third-order valence-electron chi connectivity index (χ3n) is 6.60. The van der Waals surface area contributed by atoms with Crippen LogP contribution in [0, 0.1) is 5.92 Å². The van der Waals surface area contributed by atoms with Gasteiger partial charge < -0.3 is 33.7 Å². The van der Waals surface area contributed by atoms with Gasteiger partial charge in [-0.2, -0.15) is 0 Å². The van der Waals surface area contributed by atoms with Gasteiger partial charge in [0, 0.05) is 22.3 Å². The van der Waals surface area contributed by atoms with Crippen molar-refractivity contribution in [2.75, 3.05) is 39.6 Å². The topological polar surface area (TPSA) is 181 Å². The number of fused-ring (bicyclic) bond motifs is 1. The van der Waals surface area contributed by atoms with Crippen LogP contribution in [0.2, 0.25) is 0 Å². The molecule has 4 unspecified atom stereocenters. The molecule has 0 aromatic heterocycles. The average molecular weight is 709 g/mol. The van der Waals surface area contributed by atoms with Gasteiger partial charge in [0.1, 0.15) is 19.3 Å². The zero-order valence-corrected chi connectivity index (χ0v) is 30.8. The molecule has 2 heterocycles. The maximum absolute atomic E-state index is 11.1. The van der Waals surface area contributed by atoms with Crippen LogP contribution in [0.3, 0.4) is 0 Å². The molecule has 50 heavy (non-hydrogen) atoms. The van der Waals surface area contributed by atoms with Gasteiger partial charge in [0.25, 0.3) is 0 Å². The van der Waals surface area contributed by atoms with Gasteiger partial charge >= 0.3 is 30.0 Å². The fraction of sp³-hybridized carbons (Fsp3) is 0.611. The van der Waals surface area contributed by atoms with Gasteiger partial charge in [0.2, 0.25) is 0 Å². The molecule has 14 heteroatoms. The number of nitrogens with one attached hydrogen (secondary N) is 1. The molecule has 3 aliphatic rings. The van der Waals surface area contributed by atoms with E-state index in [1.54, 1.807) is 34.6 Å². The monoisotopic (exact) mass is 708 g/mol. The van der Waals surface area contributed by atoms with Crippen LogP contribution in [0.5, 0.6) is 0 Å². The number of oxime groups is 1. The predicted molar refractivity (Wildman–Crippen MR) is 187 cm³/mol. The van der Waals surface area contributed by atoms with Crippen molar-refractivity contribution in [1.29, 1.82) is 0 Å². The summed E-state index contributed by atoms with van der Waals surface area (Å²) in [4.78, 5) is 58.9. The summed E-state index contributed by atoms with van der Waals surface area (Å²) in [5.74, 6) is -0.904. The first-order valence-corrected chi connectivity index (χ1v) is 16.6. The van der Waals surface area contributed by atoms with Crippen LogP contribution < -0.4 is 5.32 Å². The Morgan fingerprint density at radius 1 is 0.720 bits per heavy atom. The summed E-state index contributed by atoms with van der Waals surface area (Å²) in [7, 11) is 0. The lowest BCUT2D eigenvalue weighted by molar-refractivity contribution is -0.141. The molecule has 282 valence electrons. The summed E-state index contributed by atoms with van der Waals surface area (Å²) in [5.41, 5.74) is 2.40. The maximum Gasteiger partial charge on any atom is 0.433 e. The Morgan fingerprint density at radius 2 is 1.22 bits per heavy atom. The van der Waals surface area contributed by atoms with Crippen molar-refractivity contribution in [1.82, 2.24) is 5.32 Å². The minimum atomic E-state index is -0.677. The molecule has 2 saturated heterocycles. The first-order chi connectivity index (χ1) is 23.5. The smallest absolute Gasteiger partial charge is 0.433 e. The number of rotatable bonds is 15. The van der Waals surface area contributed by atoms with Crippen molar-refractivity contribution in [3.05, 3.63) is 48.6 Å². The Hall–Kier alpha value is -4.30. The third-order valence-corrected chi connectivity index (χ3v) is 6.60. The van der Waals surface area contributed by atoms with E-state index in [-0.39, 0.29) is 37.2 Å². The van der Waals surface area contributed by atoms with E-state index in [0.717, 1.165) is 25.7 Å². The minimum Gasteiger partial charge on any atom is -0.462 e. The predicted octanol–water partition coefficient (Wildman–Crippen LogP) is 5.31. The molecule has 3 rings (SSSR count). The Morgan fingerprint density at radius 3 is 1.68 bits per heavy atom. The van der Waals surface area contributed by atoms with Gasteiger partial charge in [0.15, 0.2) is 0 Å². The second-order valence-corrected chi connectivity index (χ2v) is 11.9. The number of hydrogen-bond donors (Lipinski definition) is 1. The highest BCUT2D eigenvalue weighted by Crippen LogP contribution is 2.39. The summed E-state index contributed by atoms with van der Waals surface area (Å²) >= 11 is 0. The highest BCUT2D eigenvalue weighted by atomic mass is 16.7. The number of amides is 1. The van der Waals surface area contributed by atoms with Gasteiger partial charge in [-0.05, 0) is 72.6 Å². The number of epoxide rings is 2. The second kappa shape index (κ2) is 25.6. The fourth-order valence-corrected chi connectivity index (χ4v) is 3.37. The molecule has 4 atom stereocenters. The Balaban J connectivity index is 0.000000660. The summed E-state index contributed by atoms with van der Waals surface area (Å²) in [6.45, 7) is 28.2. The lowest BCUT2D eigenvalue weighted by Crippen LogP contribution is -2.27. The van der Waals surface area contributed by atoms with E-state index >= 15 is 0 Å². The molecule has 1 saturated carbocycles. The number of hydrogen-bond acceptors (Lipinski definition) is 13. The molecule has 0 radical (unpaired) electrons. The summed E-state index contributed by atoms with van der Waals surface area (Å²) in [6, 6.07) is 0. The molecule has 3 fully saturated rings. The molecule has 14 nitrogen and oxygen atoms in total. The Bertz CT molecular complexity index is 1220. The number of ether oxygens (including phenoxy) is 6. The molecule has 1 amide bonds. The van der Waals surface area contributed by atoms with E-state index in [1.807, 2.05) is 13.8 Å². The molecular formula is C36H56N2O12. The summed E-state index contributed by atoms with van der Waals surface area (Å²) in [5, 5.41) is 5.95. The van der Waals surface area contributed by atoms with E-state index in [1.165, 1.54) is 0 Å². The van der Waals surface area contributed by atoms with Gasteiger partial charge in [0.05, 0.1) is 44.3 Å². The molecular weight excluding hydrogens is 652 g/mol. The van der Waals surface area contributed by atoms with Gasteiger partial charge in [-0.1, -0.05) is 45.3 Å². The second-order valence-electron chi connectivity index (χ2n) is 11.9. The lowest BCUT2D eigenvalue weighted by atomic mass is 9.90. The largest absolute Gasteiger partial charge is 0.462 e. The van der Waals surface area contributed by atoms with E-state index in [4.69, 9.17) is 28.4 Å². The molecule has 0 aromatic carbocycles. The van der Waals surface area contributed by atoms with Crippen LogP contribution in [0.4, 0.5) is 4.79 Å². The molecule has 0 bridgehead atoms.